The van der Waals surface area contributed by atoms with Crippen LogP contribution in [0.5, 0.6) is 0 Å². The van der Waals surface area contributed by atoms with E-state index >= 15 is 0 Å². The van der Waals surface area contributed by atoms with Crippen molar-refractivity contribution in [3.63, 3.8) is 0 Å². The normalized spacial score (nSPS) is 10.4. The predicted octanol–water partition coefficient (Wildman–Crippen LogP) is 3.39. The minimum atomic E-state index is 0.935. The number of nitrogens with zero attached hydrogens (tertiary/aromatic N) is 2. The lowest BCUT2D eigenvalue weighted by molar-refractivity contribution is 1.05. The minimum absolute atomic E-state index is 0.935. The van der Waals surface area contributed by atoms with Crippen LogP contribution in [-0.4, -0.2) is 15.3 Å². The Morgan fingerprint density at radius 3 is 2.38 bits per heavy atom. The van der Waals surface area contributed by atoms with Gasteiger partial charge in [0.2, 0.25) is 0 Å². The Hall–Kier alpha value is -1.22. The molecule has 0 saturated carbocycles. The summed E-state index contributed by atoms with van der Waals surface area (Å²) >= 11 is 3.42. The van der Waals surface area contributed by atoms with Gasteiger partial charge in [-0.1, -0.05) is 28.1 Å². The van der Waals surface area contributed by atoms with Crippen molar-refractivity contribution in [1.82, 2.24) is 9.97 Å². The van der Waals surface area contributed by atoms with E-state index in [9.17, 15) is 0 Å². The molecule has 0 unspecified atom stereocenters. The van der Waals surface area contributed by atoms with Gasteiger partial charge < -0.3 is 0 Å². The van der Waals surface area contributed by atoms with Crippen LogP contribution in [-0.2, 0) is 6.42 Å². The topological polar surface area (TPSA) is 25.8 Å². The number of aromatic nitrogens is 2. The molecule has 0 N–H and O–H groups in total. The minimum Gasteiger partial charge on any atom is -0.251 e. The fourth-order valence-corrected chi connectivity index (χ4v) is 1.95. The molecule has 0 fully saturated rings. The molecule has 16 heavy (non-hydrogen) atoms. The molecule has 0 amide bonds. The van der Waals surface area contributed by atoms with Crippen LogP contribution in [0, 0.1) is 6.92 Å². The van der Waals surface area contributed by atoms with Gasteiger partial charge in [0.25, 0.3) is 0 Å². The van der Waals surface area contributed by atoms with E-state index in [4.69, 9.17) is 0 Å². The molecular formula is C13H13BrN2. The van der Waals surface area contributed by atoms with E-state index in [2.05, 4.69) is 25.9 Å². The molecule has 2 aromatic heterocycles. The van der Waals surface area contributed by atoms with Crippen molar-refractivity contribution in [2.75, 3.05) is 5.33 Å². The lowest BCUT2D eigenvalue weighted by Gasteiger charge is -2.03. The number of rotatable bonds is 3. The number of pyridine rings is 2. The van der Waals surface area contributed by atoms with Crippen molar-refractivity contribution in [2.45, 2.75) is 13.3 Å². The van der Waals surface area contributed by atoms with E-state index in [1.807, 2.05) is 43.3 Å². The maximum atomic E-state index is 4.58. The fraction of sp³-hybridized carbons (Fsp3) is 0.231. The van der Waals surface area contributed by atoms with E-state index in [1.54, 1.807) is 0 Å². The van der Waals surface area contributed by atoms with Crippen molar-refractivity contribution in [1.29, 1.82) is 0 Å². The molecular weight excluding hydrogens is 264 g/mol. The monoisotopic (exact) mass is 276 g/mol. The first kappa shape index (κ1) is 11.3. The molecule has 0 bridgehead atoms. The Morgan fingerprint density at radius 1 is 1.00 bits per heavy atom. The van der Waals surface area contributed by atoms with Gasteiger partial charge in [-0.05, 0) is 37.6 Å². The van der Waals surface area contributed by atoms with Crippen LogP contribution in [0.3, 0.4) is 0 Å². The van der Waals surface area contributed by atoms with Crippen molar-refractivity contribution >= 4 is 15.9 Å². The Balaban J connectivity index is 2.36. The predicted molar refractivity (Wildman–Crippen MR) is 69.7 cm³/mol. The average Bonchev–Trinajstić information content (AvgIpc) is 2.30. The van der Waals surface area contributed by atoms with Crippen LogP contribution in [0.4, 0.5) is 0 Å². The summed E-state index contributed by atoms with van der Waals surface area (Å²) in [6, 6.07) is 12.1. The second-order valence-corrected chi connectivity index (χ2v) is 4.41. The summed E-state index contributed by atoms with van der Waals surface area (Å²) in [4.78, 5) is 9.05. The van der Waals surface area contributed by atoms with E-state index in [-0.39, 0.29) is 0 Å². The Labute approximate surface area is 104 Å². The highest BCUT2D eigenvalue weighted by Crippen LogP contribution is 2.15. The van der Waals surface area contributed by atoms with Crippen molar-refractivity contribution in [2.24, 2.45) is 0 Å². The first-order chi connectivity index (χ1) is 7.79. The quantitative estimate of drug-likeness (QED) is 0.804. The second kappa shape index (κ2) is 5.21. The van der Waals surface area contributed by atoms with Gasteiger partial charge in [0, 0.05) is 16.7 Å². The average molecular weight is 277 g/mol. The zero-order chi connectivity index (χ0) is 11.4. The zero-order valence-corrected chi connectivity index (χ0v) is 10.7. The molecule has 0 atom stereocenters. The van der Waals surface area contributed by atoms with Crippen LogP contribution in [0.25, 0.3) is 11.4 Å². The molecule has 0 radical (unpaired) electrons. The van der Waals surface area contributed by atoms with E-state index in [0.717, 1.165) is 34.5 Å². The second-order valence-electron chi connectivity index (χ2n) is 3.62. The van der Waals surface area contributed by atoms with Crippen LogP contribution < -0.4 is 0 Å². The molecule has 0 aliphatic carbocycles. The van der Waals surface area contributed by atoms with E-state index in [0.29, 0.717) is 0 Å². The van der Waals surface area contributed by atoms with Crippen LogP contribution >= 0.6 is 15.9 Å². The Bertz CT molecular complexity index is 483. The number of alkyl halides is 1. The summed E-state index contributed by atoms with van der Waals surface area (Å²) < 4.78 is 0. The van der Waals surface area contributed by atoms with Gasteiger partial charge >= 0.3 is 0 Å². The molecule has 82 valence electrons. The van der Waals surface area contributed by atoms with Gasteiger partial charge in [0.05, 0.1) is 11.4 Å². The summed E-state index contributed by atoms with van der Waals surface area (Å²) in [6.45, 7) is 1.99. The highest BCUT2D eigenvalue weighted by molar-refractivity contribution is 9.09. The first-order valence-electron chi connectivity index (χ1n) is 5.25. The van der Waals surface area contributed by atoms with Gasteiger partial charge in [-0.3, -0.25) is 9.97 Å². The molecule has 2 heterocycles. The third-order valence-electron chi connectivity index (χ3n) is 2.31. The third kappa shape index (κ3) is 2.67. The molecule has 0 spiro atoms. The molecule has 0 aliphatic rings. The van der Waals surface area contributed by atoms with Crippen LogP contribution in [0.15, 0.2) is 36.4 Å². The molecule has 2 aromatic rings. The van der Waals surface area contributed by atoms with Gasteiger partial charge in [0.15, 0.2) is 0 Å². The lowest BCUT2D eigenvalue weighted by Crippen LogP contribution is -1.94. The highest BCUT2D eigenvalue weighted by Gasteiger charge is 2.02. The molecule has 2 rings (SSSR count). The molecule has 0 aromatic carbocycles. The number of aryl methyl sites for hydroxylation is 2. The molecule has 0 aliphatic heterocycles. The first-order valence-corrected chi connectivity index (χ1v) is 6.37. The fourth-order valence-electron chi connectivity index (χ4n) is 1.54. The van der Waals surface area contributed by atoms with Gasteiger partial charge in [0.1, 0.15) is 0 Å². The lowest BCUT2D eigenvalue weighted by atomic mass is 10.2. The third-order valence-corrected chi connectivity index (χ3v) is 2.70. The Morgan fingerprint density at radius 2 is 1.69 bits per heavy atom. The Kier molecular flexibility index (Phi) is 3.67. The highest BCUT2D eigenvalue weighted by atomic mass is 79.9. The standard InChI is InChI=1S/C13H13BrN2/c1-10-4-2-6-12(15-10)13-7-3-5-11(16-13)8-9-14/h2-7H,8-9H2,1H3. The van der Waals surface area contributed by atoms with Crippen molar-refractivity contribution in [3.05, 3.63) is 47.8 Å². The maximum absolute atomic E-state index is 4.58. The van der Waals surface area contributed by atoms with Crippen LogP contribution in [0.1, 0.15) is 11.4 Å². The maximum Gasteiger partial charge on any atom is 0.0889 e. The van der Waals surface area contributed by atoms with Crippen molar-refractivity contribution in [3.8, 4) is 11.4 Å². The summed E-state index contributed by atoms with van der Waals surface area (Å²) in [6.07, 6.45) is 0.944. The summed E-state index contributed by atoms with van der Waals surface area (Å²) in [5, 5.41) is 0.935. The SMILES string of the molecule is Cc1cccc(-c2cccc(CCBr)n2)n1. The number of hydrogen-bond donors (Lipinski definition) is 0. The van der Waals surface area contributed by atoms with Gasteiger partial charge in [-0.2, -0.15) is 0 Å². The molecule has 3 heteroatoms. The smallest absolute Gasteiger partial charge is 0.0889 e. The molecule has 2 nitrogen and oxygen atoms in total. The van der Waals surface area contributed by atoms with Crippen LogP contribution in [0.2, 0.25) is 0 Å². The zero-order valence-electron chi connectivity index (χ0n) is 9.15. The van der Waals surface area contributed by atoms with Crippen molar-refractivity contribution < 1.29 is 0 Å². The van der Waals surface area contributed by atoms with E-state index in [1.165, 1.54) is 0 Å². The molecule has 0 saturated heterocycles. The van der Waals surface area contributed by atoms with Gasteiger partial charge in [-0.15, -0.1) is 0 Å². The number of halogens is 1. The largest absolute Gasteiger partial charge is 0.251 e. The van der Waals surface area contributed by atoms with E-state index < -0.39 is 0 Å². The van der Waals surface area contributed by atoms with Gasteiger partial charge in [-0.25, -0.2) is 0 Å². The number of hydrogen-bond acceptors (Lipinski definition) is 2. The summed E-state index contributed by atoms with van der Waals surface area (Å²) in [7, 11) is 0. The summed E-state index contributed by atoms with van der Waals surface area (Å²) in [5.74, 6) is 0. The summed E-state index contributed by atoms with van der Waals surface area (Å²) in [5.41, 5.74) is 4.00.